The highest BCUT2D eigenvalue weighted by Gasteiger charge is 2.23. The Kier molecular flexibility index (Phi) is 3.47. The van der Waals surface area contributed by atoms with Gasteiger partial charge >= 0.3 is 0 Å². The molecule has 2 heterocycles. The fourth-order valence-corrected chi connectivity index (χ4v) is 4.37. The predicted octanol–water partition coefficient (Wildman–Crippen LogP) is 4.48. The first kappa shape index (κ1) is 14.2. The Labute approximate surface area is 138 Å². The van der Waals surface area contributed by atoms with Crippen LogP contribution >= 0.6 is 11.3 Å². The molecule has 5 heteroatoms. The van der Waals surface area contributed by atoms with Crippen LogP contribution in [0.4, 0.5) is 0 Å². The van der Waals surface area contributed by atoms with Crippen LogP contribution < -0.4 is 4.74 Å². The van der Waals surface area contributed by atoms with Gasteiger partial charge in [0.1, 0.15) is 16.9 Å². The molecule has 1 aliphatic rings. The molecule has 0 aliphatic heterocycles. The predicted molar refractivity (Wildman–Crippen MR) is 89.8 cm³/mol. The number of nitriles is 1. The van der Waals surface area contributed by atoms with Crippen molar-refractivity contribution >= 4 is 21.6 Å². The molecule has 1 aromatic carbocycles. The summed E-state index contributed by atoms with van der Waals surface area (Å²) >= 11 is 1.76. The van der Waals surface area contributed by atoms with E-state index in [1.54, 1.807) is 41.9 Å². The Bertz CT molecular complexity index is 908. The summed E-state index contributed by atoms with van der Waals surface area (Å²) in [6.45, 7) is 2.30. The monoisotopic (exact) mass is 321 g/mol. The van der Waals surface area contributed by atoms with Crippen LogP contribution in [0.1, 0.15) is 29.3 Å². The molecule has 0 fully saturated rings. The van der Waals surface area contributed by atoms with Gasteiger partial charge in [-0.3, -0.25) is 0 Å². The van der Waals surface area contributed by atoms with Crippen LogP contribution in [0.25, 0.3) is 10.2 Å². The molecule has 2 aromatic heterocycles. The van der Waals surface area contributed by atoms with E-state index < -0.39 is 0 Å². The van der Waals surface area contributed by atoms with E-state index in [2.05, 4.69) is 23.0 Å². The van der Waals surface area contributed by atoms with Gasteiger partial charge < -0.3 is 4.74 Å². The zero-order valence-corrected chi connectivity index (χ0v) is 13.6. The zero-order chi connectivity index (χ0) is 15.8. The van der Waals surface area contributed by atoms with Gasteiger partial charge in [-0.2, -0.15) is 5.26 Å². The van der Waals surface area contributed by atoms with E-state index in [1.165, 1.54) is 16.9 Å². The summed E-state index contributed by atoms with van der Waals surface area (Å²) in [5, 5.41) is 9.93. The molecule has 4 rings (SSSR count). The van der Waals surface area contributed by atoms with Crippen molar-refractivity contribution in [2.75, 3.05) is 0 Å². The maximum atomic E-state index is 8.88. The van der Waals surface area contributed by atoms with Crippen LogP contribution in [0.5, 0.6) is 11.6 Å². The normalized spacial score (nSPS) is 16.8. The van der Waals surface area contributed by atoms with Crippen molar-refractivity contribution in [3.63, 3.8) is 0 Å². The van der Waals surface area contributed by atoms with E-state index in [4.69, 9.17) is 10.00 Å². The van der Waals surface area contributed by atoms with Crippen molar-refractivity contribution in [1.82, 2.24) is 9.97 Å². The average molecular weight is 321 g/mol. The minimum absolute atomic E-state index is 0.617. The highest BCUT2D eigenvalue weighted by molar-refractivity contribution is 7.18. The van der Waals surface area contributed by atoms with Crippen molar-refractivity contribution in [3.8, 4) is 17.7 Å². The largest absolute Gasteiger partial charge is 0.438 e. The topological polar surface area (TPSA) is 58.8 Å². The van der Waals surface area contributed by atoms with E-state index >= 15 is 0 Å². The summed E-state index contributed by atoms with van der Waals surface area (Å²) in [6, 6.07) is 9.20. The number of aromatic nitrogens is 2. The third-order valence-electron chi connectivity index (χ3n) is 4.25. The Morgan fingerprint density at radius 2 is 2.09 bits per heavy atom. The van der Waals surface area contributed by atoms with E-state index in [9.17, 15) is 0 Å². The molecule has 1 atom stereocenters. The van der Waals surface area contributed by atoms with Gasteiger partial charge in [0.2, 0.25) is 5.88 Å². The SMILES string of the molecule is CC1CCc2c(sc3ncnc(Oc4ccc(C#N)cc4)c23)C1. The molecule has 3 aromatic rings. The van der Waals surface area contributed by atoms with Crippen LogP contribution in [-0.2, 0) is 12.8 Å². The highest BCUT2D eigenvalue weighted by Crippen LogP contribution is 2.41. The molecule has 23 heavy (non-hydrogen) atoms. The molecule has 0 saturated carbocycles. The number of ether oxygens (including phenoxy) is 1. The quantitative estimate of drug-likeness (QED) is 0.698. The molecule has 0 amide bonds. The lowest BCUT2D eigenvalue weighted by Gasteiger charge is -2.18. The number of thiophene rings is 1. The van der Waals surface area contributed by atoms with E-state index in [-0.39, 0.29) is 0 Å². The fraction of sp³-hybridized carbons (Fsp3) is 0.278. The number of nitrogens with zero attached hydrogens (tertiary/aromatic N) is 3. The minimum Gasteiger partial charge on any atom is -0.438 e. The molecular weight excluding hydrogens is 306 g/mol. The van der Waals surface area contributed by atoms with Gasteiger partial charge in [0.15, 0.2) is 0 Å². The molecule has 0 N–H and O–H groups in total. The first-order chi connectivity index (χ1) is 11.2. The molecule has 0 bridgehead atoms. The Balaban J connectivity index is 1.76. The maximum Gasteiger partial charge on any atom is 0.231 e. The standard InChI is InChI=1S/C18H15N3OS/c1-11-2-7-14-15(8-11)23-18-16(14)17(20-10-21-18)22-13-5-3-12(9-19)4-6-13/h3-6,10-11H,2,7-8H2,1H3. The Morgan fingerprint density at radius 3 is 2.87 bits per heavy atom. The number of hydrogen-bond acceptors (Lipinski definition) is 5. The second-order valence-corrected chi connectivity index (χ2v) is 7.03. The van der Waals surface area contributed by atoms with E-state index in [0.29, 0.717) is 17.2 Å². The summed E-state index contributed by atoms with van der Waals surface area (Å²) in [5.74, 6) is 2.03. The van der Waals surface area contributed by atoms with Crippen molar-refractivity contribution in [1.29, 1.82) is 5.26 Å². The van der Waals surface area contributed by atoms with Crippen LogP contribution in [0.2, 0.25) is 0 Å². The van der Waals surface area contributed by atoms with E-state index in [0.717, 1.165) is 29.0 Å². The van der Waals surface area contributed by atoms with Gasteiger partial charge in [0.05, 0.1) is 17.0 Å². The third kappa shape index (κ3) is 2.55. The van der Waals surface area contributed by atoms with Crippen molar-refractivity contribution in [2.24, 2.45) is 5.92 Å². The molecule has 0 radical (unpaired) electrons. The van der Waals surface area contributed by atoms with Crippen molar-refractivity contribution < 1.29 is 4.74 Å². The highest BCUT2D eigenvalue weighted by atomic mass is 32.1. The first-order valence-corrected chi connectivity index (χ1v) is 8.49. The van der Waals surface area contributed by atoms with Crippen LogP contribution in [0.15, 0.2) is 30.6 Å². The smallest absolute Gasteiger partial charge is 0.231 e. The Hall–Kier alpha value is -2.45. The van der Waals surface area contributed by atoms with Crippen molar-refractivity contribution in [3.05, 3.63) is 46.6 Å². The van der Waals surface area contributed by atoms with Crippen molar-refractivity contribution in [2.45, 2.75) is 26.2 Å². The molecule has 0 saturated heterocycles. The first-order valence-electron chi connectivity index (χ1n) is 7.68. The number of rotatable bonds is 2. The van der Waals surface area contributed by atoms with Crippen LogP contribution in [0, 0.1) is 17.2 Å². The van der Waals surface area contributed by atoms with Gasteiger partial charge in [-0.25, -0.2) is 9.97 Å². The molecular formula is C18H15N3OS. The van der Waals surface area contributed by atoms with E-state index in [1.807, 2.05) is 0 Å². The number of fused-ring (bicyclic) bond motifs is 3. The lowest BCUT2D eigenvalue weighted by atomic mass is 9.89. The number of hydrogen-bond donors (Lipinski definition) is 0. The summed E-state index contributed by atoms with van der Waals surface area (Å²) in [4.78, 5) is 11.2. The van der Waals surface area contributed by atoms with Gasteiger partial charge in [0.25, 0.3) is 0 Å². The summed E-state index contributed by atoms with van der Waals surface area (Å²) < 4.78 is 5.99. The second-order valence-electron chi connectivity index (χ2n) is 5.95. The average Bonchev–Trinajstić information content (AvgIpc) is 2.94. The number of benzene rings is 1. The molecule has 114 valence electrons. The van der Waals surface area contributed by atoms with Gasteiger partial charge in [0, 0.05) is 4.88 Å². The van der Waals surface area contributed by atoms with Crippen LogP contribution in [0.3, 0.4) is 0 Å². The molecule has 4 nitrogen and oxygen atoms in total. The molecule has 1 unspecified atom stereocenters. The summed E-state index contributed by atoms with van der Waals surface area (Å²) in [5.41, 5.74) is 1.97. The second kappa shape index (κ2) is 5.64. The lowest BCUT2D eigenvalue weighted by molar-refractivity contribution is 0.466. The zero-order valence-electron chi connectivity index (χ0n) is 12.7. The third-order valence-corrected chi connectivity index (χ3v) is 5.42. The Morgan fingerprint density at radius 1 is 1.26 bits per heavy atom. The number of aryl methyl sites for hydroxylation is 1. The summed E-state index contributed by atoms with van der Waals surface area (Å²) in [6.07, 6.45) is 4.94. The van der Waals surface area contributed by atoms with Gasteiger partial charge in [-0.1, -0.05) is 6.92 Å². The maximum absolute atomic E-state index is 8.88. The minimum atomic E-state index is 0.617. The fourth-order valence-electron chi connectivity index (χ4n) is 3.03. The molecule has 0 spiro atoms. The summed E-state index contributed by atoms with van der Waals surface area (Å²) in [7, 11) is 0. The molecule has 1 aliphatic carbocycles. The van der Waals surface area contributed by atoms with Gasteiger partial charge in [-0.15, -0.1) is 11.3 Å². The van der Waals surface area contributed by atoms with Gasteiger partial charge in [-0.05, 0) is 55.0 Å². The van der Waals surface area contributed by atoms with Crippen LogP contribution in [-0.4, -0.2) is 9.97 Å². The lowest BCUT2D eigenvalue weighted by Crippen LogP contribution is -2.08.